The first-order chi connectivity index (χ1) is 13.3. The van der Waals surface area contributed by atoms with Gasteiger partial charge in [-0.05, 0) is 48.4 Å². The van der Waals surface area contributed by atoms with Gasteiger partial charge in [0.2, 0.25) is 5.91 Å². The van der Waals surface area contributed by atoms with E-state index in [4.69, 9.17) is 4.74 Å². The van der Waals surface area contributed by atoms with Crippen LogP contribution in [0.4, 0.5) is 8.78 Å². The summed E-state index contributed by atoms with van der Waals surface area (Å²) >= 11 is 1.09. The molecule has 1 atom stereocenters. The van der Waals surface area contributed by atoms with Gasteiger partial charge in [-0.15, -0.1) is 0 Å². The molecule has 2 N–H and O–H groups in total. The zero-order chi connectivity index (χ0) is 20.3. The molecule has 0 saturated carbocycles. The number of para-hydroxylation sites is 1. The van der Waals surface area contributed by atoms with Gasteiger partial charge >= 0.3 is 5.18 Å². The predicted molar refractivity (Wildman–Crippen MR) is 106 cm³/mol. The van der Waals surface area contributed by atoms with Gasteiger partial charge < -0.3 is 4.74 Å². The fourth-order valence-electron chi connectivity index (χ4n) is 2.83. The average molecular weight is 405 g/mol. The van der Waals surface area contributed by atoms with Crippen molar-refractivity contribution in [3.05, 3.63) is 65.2 Å². The molecule has 148 valence electrons. The Kier molecular flexibility index (Phi) is 5.88. The number of amides is 1. The Morgan fingerprint density at radius 2 is 1.96 bits per heavy atom. The third-order valence-electron chi connectivity index (χ3n) is 3.93. The lowest BCUT2D eigenvalue weighted by molar-refractivity contribution is -0.122. The SMILES string of the molecule is CC(=O)NC1(Oc2ccccc2)NN=C(c2ccc(F)c(F)c2CC(C)C)S1. The molecule has 0 saturated heterocycles. The molecule has 0 radical (unpaired) electrons. The fraction of sp³-hybridized carbons (Fsp3) is 0.300. The number of halogens is 2. The molecule has 8 heteroatoms. The molecule has 28 heavy (non-hydrogen) atoms. The number of nitrogens with one attached hydrogen (secondary N) is 2. The van der Waals surface area contributed by atoms with Crippen LogP contribution >= 0.6 is 11.8 Å². The van der Waals surface area contributed by atoms with E-state index in [0.717, 1.165) is 17.8 Å². The molecule has 1 aliphatic heterocycles. The number of rotatable bonds is 6. The van der Waals surface area contributed by atoms with Crippen LogP contribution in [0.5, 0.6) is 5.75 Å². The number of thioether (sulfide) groups is 1. The van der Waals surface area contributed by atoms with E-state index < -0.39 is 16.8 Å². The van der Waals surface area contributed by atoms with E-state index in [1.54, 1.807) is 24.3 Å². The number of carbonyl (C=O) groups excluding carboxylic acids is 1. The van der Waals surface area contributed by atoms with Crippen LogP contribution in [-0.2, 0) is 11.2 Å². The van der Waals surface area contributed by atoms with Crippen LogP contribution < -0.4 is 15.5 Å². The Labute approximate surface area is 166 Å². The maximum absolute atomic E-state index is 14.5. The Morgan fingerprint density at radius 3 is 2.61 bits per heavy atom. The summed E-state index contributed by atoms with van der Waals surface area (Å²) in [6.07, 6.45) is 0.352. The second-order valence-electron chi connectivity index (χ2n) is 6.83. The maximum Gasteiger partial charge on any atom is 0.334 e. The van der Waals surface area contributed by atoms with Crippen molar-refractivity contribution in [2.75, 3.05) is 0 Å². The topological polar surface area (TPSA) is 62.7 Å². The van der Waals surface area contributed by atoms with Crippen LogP contribution in [-0.4, -0.2) is 16.1 Å². The molecular weight excluding hydrogens is 384 g/mol. The van der Waals surface area contributed by atoms with Gasteiger partial charge in [-0.3, -0.25) is 10.1 Å². The third-order valence-corrected chi connectivity index (χ3v) is 5.00. The molecule has 0 bridgehead atoms. The minimum absolute atomic E-state index is 0.121. The molecule has 0 aliphatic carbocycles. The summed E-state index contributed by atoms with van der Waals surface area (Å²) in [5.74, 6) is -1.48. The summed E-state index contributed by atoms with van der Waals surface area (Å²) in [4.78, 5) is 11.7. The standard InChI is InChI=1S/C20H21F2N3O2S/c1-12(2)11-16-15(9-10-17(21)18(16)22)19-24-25-20(28-19,23-13(3)26)27-14-7-5-4-6-8-14/h4-10,12,25H,11H2,1-3H3,(H,23,26). The molecule has 1 aliphatic rings. The van der Waals surface area contributed by atoms with Crippen LogP contribution in [0, 0.1) is 17.6 Å². The largest absolute Gasteiger partial charge is 0.440 e. The molecule has 2 aromatic rings. The zero-order valence-electron chi connectivity index (χ0n) is 15.8. The minimum Gasteiger partial charge on any atom is -0.440 e. The molecule has 0 aromatic heterocycles. The van der Waals surface area contributed by atoms with E-state index in [9.17, 15) is 13.6 Å². The van der Waals surface area contributed by atoms with Gasteiger partial charge in [0.25, 0.3) is 0 Å². The van der Waals surface area contributed by atoms with E-state index in [0.29, 0.717) is 22.8 Å². The van der Waals surface area contributed by atoms with Crippen LogP contribution in [0.15, 0.2) is 47.6 Å². The maximum atomic E-state index is 14.5. The highest BCUT2D eigenvalue weighted by Crippen LogP contribution is 2.35. The quantitative estimate of drug-likeness (QED) is 0.714. The molecule has 0 fully saturated rings. The van der Waals surface area contributed by atoms with E-state index in [2.05, 4.69) is 15.8 Å². The Morgan fingerprint density at radius 1 is 1.25 bits per heavy atom. The van der Waals surface area contributed by atoms with Crippen molar-refractivity contribution >= 4 is 22.7 Å². The number of ether oxygens (including phenoxy) is 1. The average Bonchev–Trinajstić information content (AvgIpc) is 3.02. The van der Waals surface area contributed by atoms with Crippen LogP contribution in [0.1, 0.15) is 31.9 Å². The van der Waals surface area contributed by atoms with Gasteiger partial charge in [0.15, 0.2) is 11.6 Å². The van der Waals surface area contributed by atoms with Crippen LogP contribution in [0.25, 0.3) is 0 Å². The predicted octanol–water partition coefficient (Wildman–Crippen LogP) is 3.99. The number of hydrogen-bond donors (Lipinski definition) is 2. The first kappa shape index (κ1) is 20.1. The second-order valence-corrected chi connectivity index (χ2v) is 7.99. The van der Waals surface area contributed by atoms with Crippen LogP contribution in [0.3, 0.4) is 0 Å². The van der Waals surface area contributed by atoms with E-state index in [-0.39, 0.29) is 17.4 Å². The summed E-state index contributed by atoms with van der Waals surface area (Å²) < 4.78 is 34.2. The lowest BCUT2D eigenvalue weighted by Gasteiger charge is -2.28. The molecule has 1 unspecified atom stereocenters. The van der Waals surface area contributed by atoms with Gasteiger partial charge in [-0.2, -0.15) is 5.10 Å². The van der Waals surface area contributed by atoms with Gasteiger partial charge in [-0.25, -0.2) is 14.2 Å². The summed E-state index contributed by atoms with van der Waals surface area (Å²) in [6.45, 7) is 5.21. The van der Waals surface area contributed by atoms with Crippen LogP contribution in [0.2, 0.25) is 0 Å². The van der Waals surface area contributed by atoms with Gasteiger partial charge in [0.05, 0.1) is 0 Å². The molecule has 1 amide bonds. The normalized spacial score (nSPS) is 18.6. The zero-order valence-corrected chi connectivity index (χ0v) is 16.6. The van der Waals surface area contributed by atoms with Crippen molar-refractivity contribution in [1.29, 1.82) is 0 Å². The summed E-state index contributed by atoms with van der Waals surface area (Å²) in [6, 6.07) is 11.5. The first-order valence-electron chi connectivity index (χ1n) is 8.83. The Bertz CT molecular complexity index is 906. The minimum atomic E-state index is -1.39. The molecule has 2 aromatic carbocycles. The van der Waals surface area contributed by atoms with Gasteiger partial charge in [-0.1, -0.05) is 32.0 Å². The van der Waals surface area contributed by atoms with Crippen molar-refractivity contribution in [3.8, 4) is 5.75 Å². The Balaban J connectivity index is 1.93. The summed E-state index contributed by atoms with van der Waals surface area (Å²) in [5.41, 5.74) is 3.51. The first-order valence-corrected chi connectivity index (χ1v) is 9.65. The third kappa shape index (κ3) is 4.44. The van der Waals surface area contributed by atoms with Crippen molar-refractivity contribution in [2.24, 2.45) is 11.0 Å². The highest BCUT2D eigenvalue weighted by atomic mass is 32.2. The van der Waals surface area contributed by atoms with E-state index in [1.165, 1.54) is 13.0 Å². The van der Waals surface area contributed by atoms with E-state index in [1.807, 2.05) is 19.9 Å². The number of hydrazone groups is 1. The number of benzene rings is 2. The molecule has 5 nitrogen and oxygen atoms in total. The molecule has 1 heterocycles. The molecule has 0 spiro atoms. The lowest BCUT2D eigenvalue weighted by atomic mass is 9.97. The number of carbonyl (C=O) groups is 1. The van der Waals surface area contributed by atoms with Crippen molar-refractivity contribution < 1.29 is 18.3 Å². The fourth-order valence-corrected chi connectivity index (χ4v) is 3.92. The molecule has 3 rings (SSSR count). The summed E-state index contributed by atoms with van der Waals surface area (Å²) in [7, 11) is 0. The monoisotopic (exact) mass is 405 g/mol. The Hall–Kier alpha value is -2.61. The van der Waals surface area contributed by atoms with Crippen molar-refractivity contribution in [3.63, 3.8) is 0 Å². The smallest absolute Gasteiger partial charge is 0.334 e. The molecular formula is C20H21F2N3O2S. The van der Waals surface area contributed by atoms with Gasteiger partial charge in [0, 0.05) is 18.1 Å². The number of nitrogens with zero attached hydrogens (tertiary/aromatic N) is 1. The highest BCUT2D eigenvalue weighted by molar-refractivity contribution is 8.15. The summed E-state index contributed by atoms with van der Waals surface area (Å²) in [5, 5.41) is 5.96. The number of hydrogen-bond acceptors (Lipinski definition) is 5. The van der Waals surface area contributed by atoms with Crippen molar-refractivity contribution in [2.45, 2.75) is 32.4 Å². The second kappa shape index (κ2) is 8.18. The van der Waals surface area contributed by atoms with Gasteiger partial charge in [0.1, 0.15) is 10.8 Å². The lowest BCUT2D eigenvalue weighted by Crippen LogP contribution is -2.56. The van der Waals surface area contributed by atoms with E-state index >= 15 is 0 Å². The van der Waals surface area contributed by atoms with Crippen molar-refractivity contribution in [1.82, 2.24) is 10.7 Å². The highest BCUT2D eigenvalue weighted by Gasteiger charge is 2.42.